The number of hydrogen-bond donors (Lipinski definition) is 0. The summed E-state index contributed by atoms with van der Waals surface area (Å²) in [5, 5.41) is 9.13. The number of hydrogen-bond acceptors (Lipinski definition) is 3. The van der Waals surface area contributed by atoms with Gasteiger partial charge in [0.2, 0.25) is 0 Å². The minimum absolute atomic E-state index is 0.512. The van der Waals surface area contributed by atoms with E-state index < -0.39 is 0 Å². The molecule has 0 fully saturated rings. The summed E-state index contributed by atoms with van der Waals surface area (Å²) < 4.78 is 6.03. The summed E-state index contributed by atoms with van der Waals surface area (Å²) in [7, 11) is 0. The van der Waals surface area contributed by atoms with Gasteiger partial charge >= 0.3 is 0 Å². The van der Waals surface area contributed by atoms with Crippen molar-refractivity contribution >= 4 is 11.0 Å². The summed E-state index contributed by atoms with van der Waals surface area (Å²) >= 11 is 0. The predicted octanol–water partition coefficient (Wildman–Crippen LogP) is 4.31. The highest BCUT2D eigenvalue weighted by molar-refractivity contribution is 5.73. The van der Waals surface area contributed by atoms with Crippen LogP contribution in [0.15, 0.2) is 72.8 Å². The quantitative estimate of drug-likeness (QED) is 0.563. The molecule has 0 radical (unpaired) electrons. The van der Waals surface area contributed by atoms with Crippen molar-refractivity contribution in [2.24, 2.45) is 0 Å². The first-order valence-electron chi connectivity index (χ1n) is 7.89. The van der Waals surface area contributed by atoms with Crippen molar-refractivity contribution in [2.45, 2.75) is 13.5 Å². The van der Waals surface area contributed by atoms with Gasteiger partial charge in [-0.25, -0.2) is 0 Å². The summed E-state index contributed by atoms with van der Waals surface area (Å²) in [6.45, 7) is 2.56. The smallest absolute Gasteiger partial charge is 0.147 e. The molecule has 1 heterocycles. The van der Waals surface area contributed by atoms with Gasteiger partial charge in [0.25, 0.3) is 0 Å². The maximum atomic E-state index is 6.03. The Labute approximate surface area is 140 Å². The van der Waals surface area contributed by atoms with Gasteiger partial charge in [-0.15, -0.1) is 15.0 Å². The molecule has 0 spiro atoms. The van der Waals surface area contributed by atoms with Gasteiger partial charge in [-0.05, 0) is 42.3 Å². The molecule has 0 unspecified atom stereocenters. The molecule has 0 N–H and O–H groups in total. The molecule has 0 aliphatic rings. The van der Waals surface area contributed by atoms with Gasteiger partial charge in [0.15, 0.2) is 0 Å². The summed E-state index contributed by atoms with van der Waals surface area (Å²) in [5.41, 5.74) is 4.85. The topological polar surface area (TPSA) is 39.9 Å². The van der Waals surface area contributed by atoms with Crippen LogP contribution in [0.5, 0.6) is 5.75 Å². The van der Waals surface area contributed by atoms with E-state index >= 15 is 0 Å². The molecule has 0 saturated carbocycles. The van der Waals surface area contributed by atoms with Crippen molar-refractivity contribution in [1.82, 2.24) is 15.0 Å². The second-order valence-corrected chi connectivity index (χ2v) is 5.72. The number of aryl methyl sites for hydroxylation is 1. The van der Waals surface area contributed by atoms with E-state index in [0.717, 1.165) is 33.6 Å². The highest BCUT2D eigenvalue weighted by Gasteiger charge is 2.11. The summed E-state index contributed by atoms with van der Waals surface area (Å²) in [4.78, 5) is 1.65. The number of nitrogens with zero attached hydrogens (tertiary/aromatic N) is 3. The molecule has 4 aromatic rings. The Balaban J connectivity index is 1.70. The molecule has 0 amide bonds. The number of rotatable bonds is 4. The second kappa shape index (κ2) is 6.16. The van der Waals surface area contributed by atoms with Crippen molar-refractivity contribution in [2.75, 3.05) is 0 Å². The first-order chi connectivity index (χ1) is 11.8. The Morgan fingerprint density at radius 1 is 0.833 bits per heavy atom. The minimum Gasteiger partial charge on any atom is -0.487 e. The second-order valence-electron chi connectivity index (χ2n) is 5.72. The first kappa shape index (κ1) is 14.5. The zero-order valence-corrected chi connectivity index (χ0v) is 13.4. The Morgan fingerprint density at radius 3 is 2.21 bits per heavy atom. The van der Waals surface area contributed by atoms with Crippen molar-refractivity contribution in [3.05, 3.63) is 83.9 Å². The Morgan fingerprint density at radius 2 is 1.50 bits per heavy atom. The van der Waals surface area contributed by atoms with Crippen LogP contribution in [0, 0.1) is 6.92 Å². The van der Waals surface area contributed by atoms with Crippen LogP contribution < -0.4 is 4.74 Å². The molecule has 0 aliphatic carbocycles. The molecule has 4 heteroatoms. The number of aromatic nitrogens is 3. The summed E-state index contributed by atoms with van der Waals surface area (Å²) in [6.07, 6.45) is 0. The average molecular weight is 315 g/mol. The maximum absolute atomic E-state index is 6.03. The van der Waals surface area contributed by atoms with Crippen LogP contribution in [0.4, 0.5) is 0 Å². The van der Waals surface area contributed by atoms with Crippen molar-refractivity contribution in [1.29, 1.82) is 0 Å². The fraction of sp³-hybridized carbons (Fsp3) is 0.100. The van der Waals surface area contributed by atoms with Gasteiger partial charge in [0.05, 0.1) is 0 Å². The molecule has 0 atom stereocenters. The zero-order chi connectivity index (χ0) is 16.4. The zero-order valence-electron chi connectivity index (χ0n) is 13.4. The van der Waals surface area contributed by atoms with Gasteiger partial charge in [-0.1, -0.05) is 48.5 Å². The van der Waals surface area contributed by atoms with E-state index in [9.17, 15) is 0 Å². The lowest BCUT2D eigenvalue weighted by Gasteiger charge is -2.11. The van der Waals surface area contributed by atoms with Crippen LogP contribution in [-0.4, -0.2) is 15.0 Å². The van der Waals surface area contributed by atoms with E-state index in [1.165, 1.54) is 0 Å². The van der Waals surface area contributed by atoms with Crippen LogP contribution in [0.25, 0.3) is 16.7 Å². The Bertz CT molecular complexity index is 944. The molecule has 0 aliphatic heterocycles. The maximum Gasteiger partial charge on any atom is 0.147 e. The molecule has 3 aromatic carbocycles. The molecule has 4 nitrogen and oxygen atoms in total. The standard InChI is InChI=1S/C20H17N3O/c1-15-11-12-20(24-14-16-7-3-2-4-8-16)19(13-15)23-21-17-9-5-6-10-18(17)22-23/h2-13H,14H2,1H3. The van der Waals surface area contributed by atoms with Gasteiger partial charge < -0.3 is 4.74 Å². The average Bonchev–Trinajstić information content (AvgIpc) is 3.05. The SMILES string of the molecule is Cc1ccc(OCc2ccccc2)c(-n2nc3ccccc3n2)c1. The fourth-order valence-electron chi connectivity index (χ4n) is 2.61. The Kier molecular flexibility index (Phi) is 3.71. The fourth-order valence-corrected chi connectivity index (χ4v) is 2.61. The van der Waals surface area contributed by atoms with Crippen molar-refractivity contribution < 1.29 is 4.74 Å². The normalized spacial score (nSPS) is 10.9. The first-order valence-corrected chi connectivity index (χ1v) is 7.89. The summed E-state index contributed by atoms with van der Waals surface area (Å²) in [6, 6.07) is 24.0. The lowest BCUT2D eigenvalue weighted by Crippen LogP contribution is -2.04. The monoisotopic (exact) mass is 315 g/mol. The molecule has 1 aromatic heterocycles. The van der Waals surface area contributed by atoms with E-state index in [2.05, 4.69) is 10.2 Å². The molecular formula is C20H17N3O. The molecule has 0 saturated heterocycles. The van der Waals surface area contributed by atoms with Crippen LogP contribution in [0.2, 0.25) is 0 Å². The van der Waals surface area contributed by atoms with Crippen molar-refractivity contribution in [3.63, 3.8) is 0 Å². The van der Waals surface area contributed by atoms with Gasteiger partial charge in [-0.2, -0.15) is 0 Å². The lowest BCUT2D eigenvalue weighted by molar-refractivity contribution is 0.304. The van der Waals surface area contributed by atoms with E-state index in [1.54, 1.807) is 4.80 Å². The van der Waals surface area contributed by atoms with Crippen molar-refractivity contribution in [3.8, 4) is 11.4 Å². The largest absolute Gasteiger partial charge is 0.487 e. The minimum atomic E-state index is 0.512. The van der Waals surface area contributed by atoms with E-state index in [1.807, 2.05) is 79.7 Å². The molecule has 0 bridgehead atoms. The molecular weight excluding hydrogens is 298 g/mol. The third-order valence-corrected chi connectivity index (χ3v) is 3.85. The van der Waals surface area contributed by atoms with Crippen LogP contribution in [0.1, 0.15) is 11.1 Å². The van der Waals surface area contributed by atoms with E-state index in [0.29, 0.717) is 6.61 Å². The third kappa shape index (κ3) is 2.86. The summed E-state index contributed by atoms with van der Waals surface area (Å²) in [5.74, 6) is 0.768. The highest BCUT2D eigenvalue weighted by atomic mass is 16.5. The molecule has 4 rings (SSSR count). The Hall–Kier alpha value is -3.14. The van der Waals surface area contributed by atoms with Gasteiger partial charge in [-0.3, -0.25) is 0 Å². The van der Waals surface area contributed by atoms with Crippen LogP contribution >= 0.6 is 0 Å². The third-order valence-electron chi connectivity index (χ3n) is 3.85. The number of benzene rings is 3. The van der Waals surface area contributed by atoms with E-state index in [-0.39, 0.29) is 0 Å². The van der Waals surface area contributed by atoms with Gasteiger partial charge in [0.1, 0.15) is 29.1 Å². The molecule has 118 valence electrons. The van der Waals surface area contributed by atoms with E-state index in [4.69, 9.17) is 4.74 Å². The lowest BCUT2D eigenvalue weighted by atomic mass is 10.2. The highest BCUT2D eigenvalue weighted by Crippen LogP contribution is 2.25. The van der Waals surface area contributed by atoms with Gasteiger partial charge in [0, 0.05) is 0 Å². The van der Waals surface area contributed by atoms with Crippen LogP contribution in [-0.2, 0) is 6.61 Å². The molecule has 24 heavy (non-hydrogen) atoms. The van der Waals surface area contributed by atoms with Crippen LogP contribution in [0.3, 0.4) is 0 Å². The predicted molar refractivity (Wildman–Crippen MR) is 94.4 cm³/mol. The number of ether oxygens (including phenoxy) is 1. The number of fused-ring (bicyclic) bond motifs is 1.